The predicted molar refractivity (Wildman–Crippen MR) is 109 cm³/mol. The summed E-state index contributed by atoms with van der Waals surface area (Å²) in [6.45, 7) is 3.77. The Kier molecular flexibility index (Phi) is 7.46. The number of nitrogens with one attached hydrogen (secondary N) is 1. The number of rotatable bonds is 8. The van der Waals surface area contributed by atoms with E-state index in [1.165, 1.54) is 13.2 Å². The van der Waals surface area contributed by atoms with Crippen LogP contribution in [0.15, 0.2) is 48.5 Å². The van der Waals surface area contributed by atoms with Crippen molar-refractivity contribution in [2.24, 2.45) is 5.73 Å². The van der Waals surface area contributed by atoms with Crippen LogP contribution in [0.2, 0.25) is 5.02 Å². The van der Waals surface area contributed by atoms with E-state index in [1.54, 1.807) is 42.5 Å². The zero-order chi connectivity index (χ0) is 20.7. The summed E-state index contributed by atoms with van der Waals surface area (Å²) in [5.74, 6) is -0.211. The van der Waals surface area contributed by atoms with E-state index in [0.29, 0.717) is 27.6 Å². The number of carbonyl (C=O) groups is 2. The fourth-order valence-electron chi connectivity index (χ4n) is 2.51. The maximum absolute atomic E-state index is 12.3. The Morgan fingerprint density at radius 1 is 1.18 bits per heavy atom. The van der Waals surface area contributed by atoms with Gasteiger partial charge in [-0.15, -0.1) is 0 Å². The lowest BCUT2D eigenvalue weighted by atomic mass is 10.1. The van der Waals surface area contributed by atoms with Gasteiger partial charge in [-0.05, 0) is 43.2 Å². The second-order valence-electron chi connectivity index (χ2n) is 6.29. The highest BCUT2D eigenvalue weighted by Crippen LogP contribution is 2.37. The third-order valence-electron chi connectivity index (χ3n) is 3.74. The topological polar surface area (TPSA) is 90.6 Å². The van der Waals surface area contributed by atoms with Gasteiger partial charge >= 0.3 is 0 Å². The Bertz CT molecular complexity index is 866. The first kappa shape index (κ1) is 21.3. The van der Waals surface area contributed by atoms with Gasteiger partial charge in [-0.3, -0.25) is 9.59 Å². The fourth-order valence-corrected chi connectivity index (χ4v) is 2.78. The summed E-state index contributed by atoms with van der Waals surface area (Å²) in [7, 11) is 1.51. The fraction of sp³-hybridized carbons (Fsp3) is 0.238. The SMILES string of the molecule is COc1cc(C=CC(=O)NC(C(N)=O)c2ccccc2)cc(Cl)c1OC(C)C. The smallest absolute Gasteiger partial charge is 0.244 e. The number of ether oxygens (including phenoxy) is 2. The molecule has 0 heterocycles. The molecule has 0 fully saturated rings. The molecule has 0 aliphatic heterocycles. The Hall–Kier alpha value is -2.99. The number of hydrogen-bond acceptors (Lipinski definition) is 4. The van der Waals surface area contributed by atoms with Crippen molar-refractivity contribution in [2.75, 3.05) is 7.11 Å². The maximum Gasteiger partial charge on any atom is 0.244 e. The lowest BCUT2D eigenvalue weighted by Crippen LogP contribution is -2.36. The minimum atomic E-state index is -0.918. The molecular weight excluding hydrogens is 380 g/mol. The number of nitrogens with two attached hydrogens (primary N) is 1. The van der Waals surface area contributed by atoms with Gasteiger partial charge in [0.25, 0.3) is 0 Å². The number of primary amides is 1. The van der Waals surface area contributed by atoms with Crippen molar-refractivity contribution in [1.82, 2.24) is 5.32 Å². The first-order chi connectivity index (χ1) is 13.3. The lowest BCUT2D eigenvalue weighted by molar-refractivity contribution is -0.125. The monoisotopic (exact) mass is 402 g/mol. The van der Waals surface area contributed by atoms with Gasteiger partial charge in [-0.25, -0.2) is 0 Å². The van der Waals surface area contributed by atoms with E-state index >= 15 is 0 Å². The molecule has 6 nitrogen and oxygen atoms in total. The molecule has 2 aromatic rings. The summed E-state index contributed by atoms with van der Waals surface area (Å²) in [4.78, 5) is 24.0. The summed E-state index contributed by atoms with van der Waals surface area (Å²) >= 11 is 6.28. The van der Waals surface area contributed by atoms with Gasteiger partial charge < -0.3 is 20.5 Å². The largest absolute Gasteiger partial charge is 0.493 e. The Labute approximate surface area is 169 Å². The van der Waals surface area contributed by atoms with Crippen molar-refractivity contribution >= 4 is 29.5 Å². The van der Waals surface area contributed by atoms with E-state index in [4.69, 9.17) is 26.8 Å². The van der Waals surface area contributed by atoms with Gasteiger partial charge in [0.05, 0.1) is 18.2 Å². The van der Waals surface area contributed by atoms with Crippen molar-refractivity contribution in [3.63, 3.8) is 0 Å². The normalized spacial score (nSPS) is 12.0. The minimum absolute atomic E-state index is 0.0673. The van der Waals surface area contributed by atoms with Crippen LogP contribution in [0.4, 0.5) is 0 Å². The second kappa shape index (κ2) is 9.80. The van der Waals surface area contributed by atoms with Gasteiger partial charge in [0, 0.05) is 6.08 Å². The molecule has 0 aliphatic carbocycles. The van der Waals surface area contributed by atoms with E-state index in [-0.39, 0.29) is 6.10 Å². The highest BCUT2D eigenvalue weighted by atomic mass is 35.5. The van der Waals surface area contributed by atoms with Gasteiger partial charge in [0.2, 0.25) is 11.8 Å². The number of carbonyl (C=O) groups excluding carboxylic acids is 2. The van der Waals surface area contributed by atoms with Crippen molar-refractivity contribution in [2.45, 2.75) is 26.0 Å². The highest BCUT2D eigenvalue weighted by Gasteiger charge is 2.19. The van der Waals surface area contributed by atoms with Gasteiger partial charge in [-0.2, -0.15) is 0 Å². The molecule has 0 aliphatic rings. The molecule has 0 saturated heterocycles. The quantitative estimate of drug-likeness (QED) is 0.661. The summed E-state index contributed by atoms with van der Waals surface area (Å²) in [5, 5.41) is 2.96. The van der Waals surface area contributed by atoms with E-state index in [2.05, 4.69) is 5.32 Å². The van der Waals surface area contributed by atoms with Crippen LogP contribution in [-0.2, 0) is 9.59 Å². The van der Waals surface area contributed by atoms with Crippen LogP contribution < -0.4 is 20.5 Å². The average Bonchev–Trinajstić information content (AvgIpc) is 2.66. The molecule has 1 unspecified atom stereocenters. The summed E-state index contributed by atoms with van der Waals surface area (Å²) in [5.41, 5.74) is 6.66. The van der Waals surface area contributed by atoms with Crippen LogP contribution in [0.5, 0.6) is 11.5 Å². The Morgan fingerprint density at radius 2 is 1.86 bits per heavy atom. The Morgan fingerprint density at radius 3 is 2.43 bits per heavy atom. The van der Waals surface area contributed by atoms with Crippen molar-refractivity contribution in [3.05, 3.63) is 64.7 Å². The average molecular weight is 403 g/mol. The molecular formula is C21H23ClN2O4. The molecule has 2 aromatic carbocycles. The first-order valence-electron chi connectivity index (χ1n) is 8.68. The number of hydrogen-bond donors (Lipinski definition) is 2. The van der Waals surface area contributed by atoms with Crippen LogP contribution >= 0.6 is 11.6 Å². The molecule has 0 spiro atoms. The highest BCUT2D eigenvalue weighted by molar-refractivity contribution is 6.32. The van der Waals surface area contributed by atoms with E-state index < -0.39 is 17.9 Å². The van der Waals surface area contributed by atoms with E-state index in [9.17, 15) is 9.59 Å². The molecule has 28 heavy (non-hydrogen) atoms. The molecule has 0 bridgehead atoms. The van der Waals surface area contributed by atoms with Crippen molar-refractivity contribution < 1.29 is 19.1 Å². The number of amides is 2. The standard InChI is InChI=1S/C21H23ClN2O4/c1-13(2)28-20-16(22)11-14(12-17(20)27-3)9-10-18(25)24-19(21(23)26)15-7-5-4-6-8-15/h4-13,19H,1-3H3,(H2,23,26)(H,24,25). The molecule has 3 N–H and O–H groups in total. The van der Waals surface area contributed by atoms with Crippen LogP contribution in [0.25, 0.3) is 6.08 Å². The summed E-state index contributed by atoms with van der Waals surface area (Å²) in [6, 6.07) is 11.2. The molecule has 2 rings (SSSR count). The van der Waals surface area contributed by atoms with Crippen LogP contribution in [0.1, 0.15) is 31.0 Å². The molecule has 148 valence electrons. The van der Waals surface area contributed by atoms with Gasteiger partial charge in [-0.1, -0.05) is 41.9 Å². The van der Waals surface area contributed by atoms with Gasteiger partial charge in [0.1, 0.15) is 6.04 Å². The summed E-state index contributed by atoms with van der Waals surface area (Å²) in [6.07, 6.45) is 2.79. The van der Waals surface area contributed by atoms with Gasteiger partial charge in [0.15, 0.2) is 11.5 Å². The van der Waals surface area contributed by atoms with Crippen molar-refractivity contribution in [1.29, 1.82) is 0 Å². The third-order valence-corrected chi connectivity index (χ3v) is 4.02. The Balaban J connectivity index is 2.17. The molecule has 2 amide bonds. The van der Waals surface area contributed by atoms with Crippen LogP contribution in [0, 0.1) is 0 Å². The maximum atomic E-state index is 12.3. The summed E-state index contributed by atoms with van der Waals surface area (Å²) < 4.78 is 11.0. The van der Waals surface area contributed by atoms with E-state index in [1.807, 2.05) is 19.9 Å². The molecule has 7 heteroatoms. The predicted octanol–water partition coefficient (Wildman–Crippen LogP) is 3.49. The zero-order valence-electron chi connectivity index (χ0n) is 15.9. The zero-order valence-corrected chi connectivity index (χ0v) is 16.7. The molecule has 0 aromatic heterocycles. The third kappa shape index (κ3) is 5.76. The number of methoxy groups -OCH3 is 1. The van der Waals surface area contributed by atoms with E-state index in [0.717, 1.165) is 0 Å². The van der Waals surface area contributed by atoms with Crippen LogP contribution in [-0.4, -0.2) is 25.0 Å². The second-order valence-corrected chi connectivity index (χ2v) is 6.70. The molecule has 0 radical (unpaired) electrons. The number of benzene rings is 2. The molecule has 1 atom stereocenters. The first-order valence-corrected chi connectivity index (χ1v) is 9.06. The minimum Gasteiger partial charge on any atom is -0.493 e. The van der Waals surface area contributed by atoms with Crippen molar-refractivity contribution in [3.8, 4) is 11.5 Å². The lowest BCUT2D eigenvalue weighted by Gasteiger charge is -2.16. The number of halogens is 1. The van der Waals surface area contributed by atoms with Crippen LogP contribution in [0.3, 0.4) is 0 Å². The molecule has 0 saturated carbocycles.